The third-order valence-corrected chi connectivity index (χ3v) is 6.36. The van der Waals surface area contributed by atoms with Crippen LogP contribution in [0.4, 0.5) is 5.95 Å². The monoisotopic (exact) mass is 426 g/mol. The van der Waals surface area contributed by atoms with Gasteiger partial charge in [0.1, 0.15) is 11.8 Å². The summed E-state index contributed by atoms with van der Waals surface area (Å²) < 4.78 is 7.68. The van der Waals surface area contributed by atoms with E-state index in [0.29, 0.717) is 12.4 Å². The van der Waals surface area contributed by atoms with E-state index >= 15 is 0 Å². The van der Waals surface area contributed by atoms with E-state index in [4.69, 9.17) is 14.8 Å². The summed E-state index contributed by atoms with van der Waals surface area (Å²) >= 11 is 1.65. The number of allylic oxidation sites excluding steroid dienone is 2. The number of ketones is 1. The normalized spacial score (nSPS) is 20.1. The van der Waals surface area contributed by atoms with E-state index in [1.807, 2.05) is 42.8 Å². The molecule has 1 aliphatic carbocycles. The van der Waals surface area contributed by atoms with E-state index < -0.39 is 0 Å². The summed E-state index contributed by atoms with van der Waals surface area (Å²) in [5, 5.41) is 8.94. The summed E-state index contributed by atoms with van der Waals surface area (Å²) in [4.78, 5) is 18.0. The summed E-state index contributed by atoms with van der Waals surface area (Å²) in [5.74, 6) is 2.69. The summed E-state index contributed by atoms with van der Waals surface area (Å²) in [5.41, 5.74) is 2.75. The molecule has 160 valence electrons. The molecular weight excluding hydrogens is 396 g/mol. The molecule has 1 aromatic heterocycles. The van der Waals surface area contributed by atoms with Crippen LogP contribution in [0.1, 0.15) is 65.5 Å². The number of nitrogens with zero attached hydrogens (tertiary/aromatic N) is 3. The second kappa shape index (κ2) is 8.10. The van der Waals surface area contributed by atoms with Crippen molar-refractivity contribution in [2.75, 3.05) is 11.1 Å². The standard InChI is InChI=1S/C23H30N4O2S/c1-6-11-30-22-25-21-24-17-12-23(4,5)13-18(28)19(17)20(27(21)26-22)15-7-9-16(10-8-15)29-14(2)3/h7-10,14,20H,6,11-13H2,1-5H3,(H,24,25,26). The highest BCUT2D eigenvalue weighted by atomic mass is 32.2. The van der Waals surface area contributed by atoms with Crippen LogP contribution in [0, 0.1) is 5.41 Å². The Hall–Kier alpha value is -2.28. The number of Topliss-reactive ketones (excluding diaryl/α,β-unsaturated/α-hetero) is 1. The molecule has 30 heavy (non-hydrogen) atoms. The van der Waals surface area contributed by atoms with Crippen LogP contribution in [0.3, 0.4) is 0 Å². The van der Waals surface area contributed by atoms with E-state index in [1.54, 1.807) is 11.8 Å². The lowest BCUT2D eigenvalue weighted by molar-refractivity contribution is -0.118. The molecule has 2 heterocycles. The molecule has 0 amide bonds. The molecule has 1 unspecified atom stereocenters. The molecule has 0 saturated heterocycles. The lowest BCUT2D eigenvalue weighted by Gasteiger charge is -2.38. The van der Waals surface area contributed by atoms with Crippen molar-refractivity contribution in [1.82, 2.24) is 14.8 Å². The fraction of sp³-hybridized carbons (Fsp3) is 0.522. The summed E-state index contributed by atoms with van der Waals surface area (Å²) in [6, 6.07) is 7.75. The molecule has 2 aliphatic rings. The third-order valence-electron chi connectivity index (χ3n) is 5.32. The van der Waals surface area contributed by atoms with Crippen LogP contribution < -0.4 is 10.1 Å². The Morgan fingerprint density at radius 3 is 2.67 bits per heavy atom. The average Bonchev–Trinajstić information content (AvgIpc) is 3.06. The molecule has 1 N–H and O–H groups in total. The Morgan fingerprint density at radius 1 is 1.27 bits per heavy atom. The second-order valence-corrected chi connectivity index (χ2v) is 10.2. The topological polar surface area (TPSA) is 69.0 Å². The van der Waals surface area contributed by atoms with Crippen LogP contribution in [0.2, 0.25) is 0 Å². The number of aromatic nitrogens is 3. The Labute approximate surface area is 182 Å². The van der Waals surface area contributed by atoms with Gasteiger partial charge >= 0.3 is 0 Å². The van der Waals surface area contributed by atoms with Crippen molar-refractivity contribution in [2.45, 2.75) is 71.2 Å². The van der Waals surface area contributed by atoms with Crippen molar-refractivity contribution >= 4 is 23.5 Å². The summed E-state index contributed by atoms with van der Waals surface area (Å²) in [6.07, 6.45) is 2.54. The first-order chi connectivity index (χ1) is 14.3. The zero-order chi connectivity index (χ0) is 21.5. The van der Waals surface area contributed by atoms with Gasteiger partial charge < -0.3 is 10.1 Å². The predicted molar refractivity (Wildman–Crippen MR) is 120 cm³/mol. The van der Waals surface area contributed by atoms with Gasteiger partial charge in [-0.1, -0.05) is 44.7 Å². The number of fused-ring (bicyclic) bond motifs is 1. The molecule has 0 bridgehead atoms. The van der Waals surface area contributed by atoms with Crippen LogP contribution in [0.25, 0.3) is 0 Å². The minimum absolute atomic E-state index is 0.0651. The van der Waals surface area contributed by atoms with Gasteiger partial charge in [0.15, 0.2) is 5.78 Å². The quantitative estimate of drug-likeness (QED) is 0.638. The first kappa shape index (κ1) is 21.0. The number of ether oxygens (including phenoxy) is 1. The van der Waals surface area contributed by atoms with Crippen molar-refractivity contribution < 1.29 is 9.53 Å². The van der Waals surface area contributed by atoms with E-state index in [9.17, 15) is 4.79 Å². The smallest absolute Gasteiger partial charge is 0.227 e. The fourth-order valence-electron chi connectivity index (χ4n) is 4.15. The maximum atomic E-state index is 13.2. The first-order valence-electron chi connectivity index (χ1n) is 10.7. The van der Waals surface area contributed by atoms with Gasteiger partial charge in [-0.25, -0.2) is 4.68 Å². The van der Waals surface area contributed by atoms with Crippen LogP contribution in [0.15, 0.2) is 40.7 Å². The van der Waals surface area contributed by atoms with Gasteiger partial charge in [0.25, 0.3) is 0 Å². The minimum Gasteiger partial charge on any atom is -0.491 e. The van der Waals surface area contributed by atoms with Crippen molar-refractivity contribution in [3.8, 4) is 5.75 Å². The fourth-order valence-corrected chi connectivity index (χ4v) is 4.84. The van der Waals surface area contributed by atoms with E-state index in [1.165, 1.54) is 0 Å². The molecule has 0 radical (unpaired) electrons. The van der Waals surface area contributed by atoms with Crippen LogP contribution in [-0.4, -0.2) is 32.4 Å². The van der Waals surface area contributed by atoms with Gasteiger partial charge in [0.2, 0.25) is 11.1 Å². The van der Waals surface area contributed by atoms with Gasteiger partial charge in [-0.05, 0) is 49.8 Å². The number of nitrogens with one attached hydrogen (secondary N) is 1. The van der Waals surface area contributed by atoms with Crippen molar-refractivity contribution in [1.29, 1.82) is 0 Å². The number of rotatable bonds is 6. The van der Waals surface area contributed by atoms with Gasteiger partial charge in [-0.3, -0.25) is 4.79 Å². The lowest BCUT2D eigenvalue weighted by atomic mass is 9.73. The summed E-state index contributed by atoms with van der Waals surface area (Å²) in [6.45, 7) is 10.5. The Balaban J connectivity index is 1.77. The third kappa shape index (κ3) is 4.13. The van der Waals surface area contributed by atoms with Crippen LogP contribution >= 0.6 is 11.8 Å². The SMILES string of the molecule is CCCSc1nc2n(n1)C(c1ccc(OC(C)C)cc1)C1=C(CC(C)(C)CC1=O)N2. The lowest BCUT2D eigenvalue weighted by Crippen LogP contribution is -2.36. The van der Waals surface area contributed by atoms with Crippen LogP contribution in [0.5, 0.6) is 5.75 Å². The largest absolute Gasteiger partial charge is 0.491 e. The van der Waals surface area contributed by atoms with Crippen molar-refractivity contribution in [3.63, 3.8) is 0 Å². The molecule has 0 spiro atoms. The molecule has 1 atom stereocenters. The van der Waals surface area contributed by atoms with E-state index in [2.05, 4.69) is 26.1 Å². The first-order valence-corrected chi connectivity index (χ1v) is 11.6. The highest BCUT2D eigenvalue weighted by molar-refractivity contribution is 7.99. The molecular formula is C23H30N4O2S. The summed E-state index contributed by atoms with van der Waals surface area (Å²) in [7, 11) is 0. The van der Waals surface area contributed by atoms with E-state index in [-0.39, 0.29) is 23.3 Å². The van der Waals surface area contributed by atoms with Crippen LogP contribution in [-0.2, 0) is 4.79 Å². The molecule has 7 heteroatoms. The van der Waals surface area contributed by atoms with E-state index in [0.717, 1.165) is 46.3 Å². The number of benzene rings is 1. The average molecular weight is 427 g/mol. The zero-order valence-corrected chi connectivity index (χ0v) is 19.2. The van der Waals surface area contributed by atoms with Gasteiger partial charge in [-0.15, -0.1) is 5.10 Å². The number of hydrogen-bond acceptors (Lipinski definition) is 6. The molecule has 4 rings (SSSR count). The number of anilines is 1. The molecule has 0 fully saturated rings. The Morgan fingerprint density at radius 2 is 2.00 bits per heavy atom. The zero-order valence-electron chi connectivity index (χ0n) is 18.4. The number of carbonyl (C=O) groups is 1. The maximum absolute atomic E-state index is 13.2. The number of carbonyl (C=O) groups excluding carboxylic acids is 1. The van der Waals surface area contributed by atoms with Gasteiger partial charge in [0.05, 0.1) is 6.10 Å². The predicted octanol–water partition coefficient (Wildman–Crippen LogP) is 5.23. The molecule has 1 aliphatic heterocycles. The highest BCUT2D eigenvalue weighted by Gasteiger charge is 2.41. The number of hydrogen-bond donors (Lipinski definition) is 1. The van der Waals surface area contributed by atoms with Gasteiger partial charge in [0, 0.05) is 23.4 Å². The van der Waals surface area contributed by atoms with Crippen molar-refractivity contribution in [3.05, 3.63) is 41.1 Å². The van der Waals surface area contributed by atoms with Gasteiger partial charge in [-0.2, -0.15) is 4.98 Å². The highest BCUT2D eigenvalue weighted by Crippen LogP contribution is 2.45. The van der Waals surface area contributed by atoms with Crippen molar-refractivity contribution in [2.24, 2.45) is 5.41 Å². The maximum Gasteiger partial charge on any atom is 0.227 e. The molecule has 0 saturated carbocycles. The Kier molecular flexibility index (Phi) is 5.66. The number of thioether (sulfide) groups is 1. The minimum atomic E-state index is -0.267. The molecule has 1 aromatic carbocycles. The Bertz CT molecular complexity index is 976. The molecule has 6 nitrogen and oxygen atoms in total. The molecule has 2 aromatic rings. The second-order valence-electron chi connectivity index (χ2n) is 9.11.